The minimum atomic E-state index is 0.504. The van der Waals surface area contributed by atoms with Crippen molar-refractivity contribution in [2.45, 2.75) is 13.8 Å². The molecule has 1 fully saturated rings. The number of anilines is 2. The summed E-state index contributed by atoms with van der Waals surface area (Å²) in [5.41, 5.74) is 6.29. The van der Waals surface area contributed by atoms with Gasteiger partial charge in [0.1, 0.15) is 18.4 Å². The normalized spacial score (nSPS) is 14.6. The minimum absolute atomic E-state index is 0.504. The number of fused-ring (bicyclic) bond motifs is 1. The van der Waals surface area contributed by atoms with Gasteiger partial charge in [0.15, 0.2) is 0 Å². The zero-order chi connectivity index (χ0) is 24.9. The fraction of sp³-hybridized carbons (Fsp3) is 0.310. The highest BCUT2D eigenvalue weighted by molar-refractivity contribution is 5.91. The molecule has 1 saturated heterocycles. The molecule has 0 spiro atoms. The standard InChI is InChI=1S/C29H32N6O/c1-3-34-12-14-35(15-13-34)16-17-36-24-6-4-22(5-7-24)26-20-31-19-23(18-30)29(26)33-27-8-9-28-25(21(27)2)10-11-32-28/h4-11,19-20,32H,3,12-17H2,1-2H3,(H,31,33). The lowest BCUT2D eigenvalue weighted by Crippen LogP contribution is -2.47. The van der Waals surface area contributed by atoms with Gasteiger partial charge in [-0.15, -0.1) is 0 Å². The molecule has 0 amide bonds. The van der Waals surface area contributed by atoms with Crippen molar-refractivity contribution in [1.82, 2.24) is 19.8 Å². The van der Waals surface area contributed by atoms with E-state index in [9.17, 15) is 5.26 Å². The van der Waals surface area contributed by atoms with Crippen LogP contribution in [0.5, 0.6) is 5.75 Å². The molecule has 184 valence electrons. The highest BCUT2D eigenvalue weighted by Crippen LogP contribution is 2.35. The van der Waals surface area contributed by atoms with Crippen LogP contribution >= 0.6 is 0 Å². The lowest BCUT2D eigenvalue weighted by atomic mass is 10.0. The van der Waals surface area contributed by atoms with Crippen molar-refractivity contribution < 1.29 is 4.74 Å². The molecule has 7 heteroatoms. The summed E-state index contributed by atoms with van der Waals surface area (Å²) in [5, 5.41) is 14.5. The van der Waals surface area contributed by atoms with Crippen LogP contribution < -0.4 is 10.1 Å². The van der Waals surface area contributed by atoms with Crippen molar-refractivity contribution in [2.24, 2.45) is 0 Å². The molecular formula is C29H32N6O. The van der Waals surface area contributed by atoms with Crippen molar-refractivity contribution in [3.8, 4) is 22.9 Å². The van der Waals surface area contributed by atoms with Gasteiger partial charge in [-0.05, 0) is 54.9 Å². The quantitative estimate of drug-likeness (QED) is 0.362. The molecule has 0 saturated carbocycles. The number of ether oxygens (including phenoxy) is 1. The van der Waals surface area contributed by atoms with Gasteiger partial charge < -0.3 is 19.9 Å². The zero-order valence-corrected chi connectivity index (χ0v) is 20.9. The van der Waals surface area contributed by atoms with Gasteiger partial charge in [-0.2, -0.15) is 5.26 Å². The number of pyridine rings is 1. The van der Waals surface area contributed by atoms with E-state index in [1.807, 2.05) is 42.6 Å². The molecule has 5 rings (SSSR count). The third-order valence-electron chi connectivity index (χ3n) is 7.08. The third-order valence-corrected chi connectivity index (χ3v) is 7.08. The molecule has 1 aliphatic heterocycles. The molecule has 0 radical (unpaired) electrons. The summed E-state index contributed by atoms with van der Waals surface area (Å²) in [6, 6.07) is 16.5. The van der Waals surface area contributed by atoms with E-state index in [-0.39, 0.29) is 0 Å². The predicted molar refractivity (Wildman–Crippen MR) is 145 cm³/mol. The first-order valence-electron chi connectivity index (χ1n) is 12.6. The zero-order valence-electron chi connectivity index (χ0n) is 20.9. The number of aromatic nitrogens is 2. The number of nitrogens with zero attached hydrogens (tertiary/aromatic N) is 4. The molecule has 0 unspecified atom stereocenters. The molecular weight excluding hydrogens is 448 g/mol. The molecule has 0 bridgehead atoms. The van der Waals surface area contributed by atoms with E-state index in [4.69, 9.17) is 4.74 Å². The summed E-state index contributed by atoms with van der Waals surface area (Å²) in [6.07, 6.45) is 5.35. The van der Waals surface area contributed by atoms with Crippen LogP contribution in [-0.2, 0) is 0 Å². The molecule has 7 nitrogen and oxygen atoms in total. The fourth-order valence-corrected chi connectivity index (χ4v) is 4.81. The van der Waals surface area contributed by atoms with E-state index >= 15 is 0 Å². The van der Waals surface area contributed by atoms with Crippen LogP contribution in [0.2, 0.25) is 0 Å². The van der Waals surface area contributed by atoms with Gasteiger partial charge in [-0.3, -0.25) is 9.88 Å². The monoisotopic (exact) mass is 480 g/mol. The topological polar surface area (TPSA) is 80.2 Å². The van der Waals surface area contributed by atoms with Crippen LogP contribution in [0.15, 0.2) is 61.1 Å². The number of piperazine rings is 1. The predicted octanol–water partition coefficient (Wildman–Crippen LogP) is 5.17. The maximum Gasteiger partial charge on any atom is 0.119 e. The molecule has 2 N–H and O–H groups in total. The van der Waals surface area contributed by atoms with Gasteiger partial charge in [0.05, 0.1) is 11.3 Å². The molecule has 0 atom stereocenters. The smallest absolute Gasteiger partial charge is 0.119 e. The molecule has 36 heavy (non-hydrogen) atoms. The van der Waals surface area contributed by atoms with Gasteiger partial charge in [-0.25, -0.2) is 0 Å². The van der Waals surface area contributed by atoms with E-state index in [0.29, 0.717) is 12.2 Å². The maximum absolute atomic E-state index is 9.79. The largest absolute Gasteiger partial charge is 0.492 e. The van der Waals surface area contributed by atoms with Crippen LogP contribution in [0.3, 0.4) is 0 Å². The average molecular weight is 481 g/mol. The summed E-state index contributed by atoms with van der Waals surface area (Å²) in [7, 11) is 0. The number of H-pyrrole nitrogens is 1. The molecule has 4 aromatic rings. The highest BCUT2D eigenvalue weighted by Gasteiger charge is 2.16. The Labute approximate surface area is 212 Å². The van der Waals surface area contributed by atoms with Crippen LogP contribution in [0, 0.1) is 18.3 Å². The van der Waals surface area contributed by atoms with Gasteiger partial charge in [0, 0.05) is 73.5 Å². The Morgan fingerprint density at radius 2 is 1.81 bits per heavy atom. The Balaban J connectivity index is 1.30. The van der Waals surface area contributed by atoms with E-state index in [0.717, 1.165) is 84.0 Å². The second-order valence-electron chi connectivity index (χ2n) is 9.17. The van der Waals surface area contributed by atoms with Crippen molar-refractivity contribution in [2.75, 3.05) is 51.2 Å². The lowest BCUT2D eigenvalue weighted by Gasteiger charge is -2.33. The molecule has 2 aromatic heterocycles. The number of hydrogen-bond donors (Lipinski definition) is 2. The number of hydrogen-bond acceptors (Lipinski definition) is 6. The number of nitrogens with one attached hydrogen (secondary N) is 2. The van der Waals surface area contributed by atoms with Crippen LogP contribution in [0.25, 0.3) is 22.0 Å². The fourth-order valence-electron chi connectivity index (χ4n) is 4.81. The maximum atomic E-state index is 9.79. The number of aryl methyl sites for hydroxylation is 1. The summed E-state index contributed by atoms with van der Waals surface area (Å²) in [4.78, 5) is 12.5. The Morgan fingerprint density at radius 3 is 2.56 bits per heavy atom. The Kier molecular flexibility index (Phi) is 7.17. The second-order valence-corrected chi connectivity index (χ2v) is 9.17. The molecule has 3 heterocycles. The van der Waals surface area contributed by atoms with Crippen molar-refractivity contribution in [1.29, 1.82) is 5.26 Å². The summed E-state index contributed by atoms with van der Waals surface area (Å²) < 4.78 is 6.03. The first-order valence-corrected chi connectivity index (χ1v) is 12.6. The Hall–Kier alpha value is -3.86. The first kappa shape index (κ1) is 23.9. The SMILES string of the molecule is CCN1CCN(CCOc2ccc(-c3cncc(C#N)c3Nc3ccc4[nH]ccc4c3C)cc2)CC1. The van der Waals surface area contributed by atoms with E-state index in [2.05, 4.69) is 51.1 Å². The Bertz CT molecular complexity index is 1360. The summed E-state index contributed by atoms with van der Waals surface area (Å²) in [5.74, 6) is 0.846. The van der Waals surface area contributed by atoms with Crippen LogP contribution in [-0.4, -0.2) is 65.6 Å². The highest BCUT2D eigenvalue weighted by atomic mass is 16.5. The number of benzene rings is 2. The number of nitriles is 1. The van der Waals surface area contributed by atoms with Gasteiger partial charge in [0.25, 0.3) is 0 Å². The molecule has 0 aliphatic carbocycles. The van der Waals surface area contributed by atoms with E-state index in [1.54, 1.807) is 12.4 Å². The van der Waals surface area contributed by atoms with Crippen molar-refractivity contribution in [3.63, 3.8) is 0 Å². The van der Waals surface area contributed by atoms with Gasteiger partial charge in [0.2, 0.25) is 0 Å². The van der Waals surface area contributed by atoms with Crippen LogP contribution in [0.1, 0.15) is 18.1 Å². The lowest BCUT2D eigenvalue weighted by molar-refractivity contribution is 0.121. The van der Waals surface area contributed by atoms with Crippen LogP contribution in [0.4, 0.5) is 11.4 Å². The second kappa shape index (κ2) is 10.8. The summed E-state index contributed by atoms with van der Waals surface area (Å²) >= 11 is 0. The number of aromatic amines is 1. The van der Waals surface area contributed by atoms with E-state index < -0.39 is 0 Å². The third kappa shape index (κ3) is 5.06. The average Bonchev–Trinajstić information content (AvgIpc) is 3.41. The number of likely N-dealkylation sites (N-methyl/N-ethyl adjacent to an activating group) is 1. The van der Waals surface area contributed by atoms with Crippen molar-refractivity contribution >= 4 is 22.3 Å². The Morgan fingerprint density at radius 1 is 1.03 bits per heavy atom. The first-order chi connectivity index (χ1) is 17.7. The summed E-state index contributed by atoms with van der Waals surface area (Å²) in [6.45, 7) is 11.5. The molecule has 1 aliphatic rings. The van der Waals surface area contributed by atoms with Gasteiger partial charge >= 0.3 is 0 Å². The molecule has 2 aromatic carbocycles. The van der Waals surface area contributed by atoms with Gasteiger partial charge in [-0.1, -0.05) is 19.1 Å². The van der Waals surface area contributed by atoms with Crippen molar-refractivity contribution in [3.05, 3.63) is 72.2 Å². The number of rotatable bonds is 8. The minimum Gasteiger partial charge on any atom is -0.492 e. The van der Waals surface area contributed by atoms with E-state index in [1.165, 1.54) is 0 Å².